The second kappa shape index (κ2) is 5.14. The molecule has 0 bridgehead atoms. The smallest absolute Gasteiger partial charge is 0.339 e. The first-order valence-corrected chi connectivity index (χ1v) is 5.76. The molecule has 1 saturated carbocycles. The van der Waals surface area contributed by atoms with E-state index in [2.05, 4.69) is 10.3 Å². The number of carboxylic acids is 1. The molecule has 0 unspecified atom stereocenters. The fraction of sp³-hybridized carbons (Fsp3) is 0.500. The summed E-state index contributed by atoms with van der Waals surface area (Å²) in [7, 11) is 0. The van der Waals surface area contributed by atoms with E-state index in [0.717, 1.165) is 19.4 Å². The maximum atomic E-state index is 11.0. The van der Waals surface area contributed by atoms with Crippen LogP contribution in [0.1, 0.15) is 30.1 Å². The van der Waals surface area contributed by atoms with Crippen LogP contribution < -0.4 is 5.32 Å². The average Bonchev–Trinajstić information content (AvgIpc) is 2.26. The number of nitrogens with zero attached hydrogens (tertiary/aromatic N) is 1. The summed E-state index contributed by atoms with van der Waals surface area (Å²) in [5.74, 6) is -0.957. The van der Waals surface area contributed by atoms with Crippen molar-refractivity contribution in [1.29, 1.82) is 0 Å². The first-order valence-electron chi connectivity index (χ1n) is 5.76. The fourth-order valence-corrected chi connectivity index (χ4v) is 1.97. The molecular weight excluding hydrogens is 220 g/mol. The summed E-state index contributed by atoms with van der Waals surface area (Å²) in [5.41, 5.74) is 0.847. The van der Waals surface area contributed by atoms with Crippen molar-refractivity contribution >= 4 is 11.7 Å². The van der Waals surface area contributed by atoms with Crippen molar-refractivity contribution in [3.63, 3.8) is 0 Å². The summed E-state index contributed by atoms with van der Waals surface area (Å²) < 4.78 is 5.45. The summed E-state index contributed by atoms with van der Waals surface area (Å²) in [6, 6.07) is 1.99. The van der Waals surface area contributed by atoms with Gasteiger partial charge in [-0.25, -0.2) is 4.79 Å². The molecule has 0 aromatic carbocycles. The first kappa shape index (κ1) is 11.9. The van der Waals surface area contributed by atoms with Gasteiger partial charge in [-0.2, -0.15) is 0 Å². The minimum atomic E-state index is -0.957. The predicted octanol–water partition coefficient (Wildman–Crippen LogP) is 1.76. The molecule has 1 aromatic heterocycles. The quantitative estimate of drug-likeness (QED) is 0.815. The number of anilines is 1. The van der Waals surface area contributed by atoms with Crippen LogP contribution in [-0.4, -0.2) is 34.8 Å². The van der Waals surface area contributed by atoms with Gasteiger partial charge in [0.05, 0.1) is 11.8 Å². The maximum Gasteiger partial charge on any atom is 0.339 e. The lowest BCUT2D eigenvalue weighted by atomic mass is 9.89. The van der Waals surface area contributed by atoms with E-state index in [-0.39, 0.29) is 5.56 Å². The highest BCUT2D eigenvalue weighted by Crippen LogP contribution is 2.27. The van der Waals surface area contributed by atoms with Gasteiger partial charge in [0.1, 0.15) is 5.56 Å². The molecule has 0 radical (unpaired) electrons. The van der Waals surface area contributed by atoms with Crippen molar-refractivity contribution in [2.45, 2.75) is 31.9 Å². The number of nitrogens with one attached hydrogen (secondary N) is 1. The molecule has 0 spiro atoms. The molecule has 1 aromatic rings. The highest BCUT2D eigenvalue weighted by molar-refractivity contribution is 5.93. The Morgan fingerprint density at radius 2 is 2.41 bits per heavy atom. The van der Waals surface area contributed by atoms with Gasteiger partial charge in [0.2, 0.25) is 0 Å². The number of carboxylic acid groups (broad SMARTS) is 1. The molecule has 0 amide bonds. The molecule has 1 heterocycles. The molecule has 92 valence electrons. The minimum absolute atomic E-state index is 0.215. The number of ether oxygens (including phenoxy) is 1. The van der Waals surface area contributed by atoms with Gasteiger partial charge in [0.15, 0.2) is 0 Å². The second-order valence-corrected chi connectivity index (χ2v) is 4.12. The third-order valence-corrected chi connectivity index (χ3v) is 2.91. The molecule has 2 N–H and O–H groups in total. The summed E-state index contributed by atoms with van der Waals surface area (Å²) >= 11 is 0. The van der Waals surface area contributed by atoms with E-state index in [9.17, 15) is 4.79 Å². The van der Waals surface area contributed by atoms with Crippen LogP contribution in [0.4, 0.5) is 5.69 Å². The van der Waals surface area contributed by atoms with E-state index >= 15 is 0 Å². The van der Waals surface area contributed by atoms with Crippen molar-refractivity contribution in [2.24, 2.45) is 0 Å². The van der Waals surface area contributed by atoms with Crippen LogP contribution in [0, 0.1) is 0 Å². The van der Waals surface area contributed by atoms with E-state index in [1.54, 1.807) is 12.3 Å². The van der Waals surface area contributed by atoms with Crippen LogP contribution in [0.2, 0.25) is 0 Å². The Morgan fingerprint density at radius 3 is 3.06 bits per heavy atom. The number of rotatable bonds is 5. The average molecular weight is 236 g/mol. The number of carbonyl (C=O) groups is 1. The molecule has 0 saturated heterocycles. The van der Waals surface area contributed by atoms with E-state index in [4.69, 9.17) is 9.84 Å². The lowest BCUT2D eigenvalue weighted by Gasteiger charge is -2.36. The van der Waals surface area contributed by atoms with Gasteiger partial charge in [-0.3, -0.25) is 4.98 Å². The summed E-state index contributed by atoms with van der Waals surface area (Å²) in [4.78, 5) is 14.8. The Bertz CT molecular complexity index is 402. The van der Waals surface area contributed by atoms with Crippen LogP contribution >= 0.6 is 0 Å². The van der Waals surface area contributed by atoms with Crippen LogP contribution in [-0.2, 0) is 4.74 Å². The predicted molar refractivity (Wildman–Crippen MR) is 63.3 cm³/mol. The Hall–Kier alpha value is -1.62. The van der Waals surface area contributed by atoms with E-state index in [1.807, 2.05) is 6.92 Å². The molecule has 0 aliphatic heterocycles. The number of hydrogen-bond donors (Lipinski definition) is 2. The Balaban J connectivity index is 1.94. The summed E-state index contributed by atoms with van der Waals surface area (Å²) in [5, 5.41) is 12.2. The molecule has 5 heteroatoms. The van der Waals surface area contributed by atoms with Crippen LogP contribution in [0.25, 0.3) is 0 Å². The standard InChI is InChI=1S/C12H16N2O3/c1-2-17-9-5-8(6-9)14-11-3-4-13-7-10(11)12(15)16/h3-4,7-9H,2,5-6H2,1H3,(H,13,14)(H,15,16). The number of aromatic carboxylic acids is 1. The van der Waals surface area contributed by atoms with Gasteiger partial charge in [0, 0.05) is 25.0 Å². The second-order valence-electron chi connectivity index (χ2n) is 4.12. The van der Waals surface area contributed by atoms with Gasteiger partial charge < -0.3 is 15.2 Å². The van der Waals surface area contributed by atoms with E-state index in [1.165, 1.54) is 6.20 Å². The topological polar surface area (TPSA) is 71.5 Å². The molecule has 17 heavy (non-hydrogen) atoms. The summed E-state index contributed by atoms with van der Waals surface area (Å²) in [6.07, 6.45) is 5.12. The van der Waals surface area contributed by atoms with Crippen LogP contribution in [0.5, 0.6) is 0 Å². The monoisotopic (exact) mass is 236 g/mol. The van der Waals surface area contributed by atoms with E-state index in [0.29, 0.717) is 17.8 Å². The number of pyridine rings is 1. The zero-order chi connectivity index (χ0) is 12.3. The van der Waals surface area contributed by atoms with Crippen LogP contribution in [0.15, 0.2) is 18.5 Å². The Morgan fingerprint density at radius 1 is 1.65 bits per heavy atom. The maximum absolute atomic E-state index is 11.0. The molecule has 1 aliphatic rings. The lowest BCUT2D eigenvalue weighted by molar-refractivity contribution is 0.00298. The largest absolute Gasteiger partial charge is 0.478 e. The summed E-state index contributed by atoms with van der Waals surface area (Å²) in [6.45, 7) is 2.71. The zero-order valence-electron chi connectivity index (χ0n) is 9.72. The van der Waals surface area contributed by atoms with Crippen molar-refractivity contribution in [1.82, 2.24) is 4.98 Å². The fourth-order valence-electron chi connectivity index (χ4n) is 1.97. The number of aromatic nitrogens is 1. The van der Waals surface area contributed by atoms with Crippen molar-refractivity contribution in [3.05, 3.63) is 24.0 Å². The van der Waals surface area contributed by atoms with Gasteiger partial charge in [0.25, 0.3) is 0 Å². The Kier molecular flexibility index (Phi) is 3.58. The third-order valence-electron chi connectivity index (χ3n) is 2.91. The molecule has 1 aliphatic carbocycles. The van der Waals surface area contributed by atoms with Gasteiger partial charge in [-0.15, -0.1) is 0 Å². The van der Waals surface area contributed by atoms with Crippen LogP contribution in [0.3, 0.4) is 0 Å². The highest BCUT2D eigenvalue weighted by atomic mass is 16.5. The highest BCUT2D eigenvalue weighted by Gasteiger charge is 2.30. The normalized spacial score (nSPS) is 22.9. The van der Waals surface area contributed by atoms with Crippen molar-refractivity contribution < 1.29 is 14.6 Å². The van der Waals surface area contributed by atoms with Gasteiger partial charge in [-0.1, -0.05) is 0 Å². The first-order chi connectivity index (χ1) is 8.20. The molecule has 2 rings (SSSR count). The minimum Gasteiger partial charge on any atom is -0.478 e. The third kappa shape index (κ3) is 2.74. The van der Waals surface area contributed by atoms with Gasteiger partial charge >= 0.3 is 5.97 Å². The molecule has 1 fully saturated rings. The SMILES string of the molecule is CCOC1CC(Nc2ccncc2C(=O)O)C1. The zero-order valence-corrected chi connectivity index (χ0v) is 9.72. The Labute approximate surface area is 99.8 Å². The molecule has 0 atom stereocenters. The molecule has 5 nitrogen and oxygen atoms in total. The lowest BCUT2D eigenvalue weighted by Crippen LogP contribution is -2.41. The van der Waals surface area contributed by atoms with E-state index < -0.39 is 5.97 Å². The molecular formula is C12H16N2O3. The number of hydrogen-bond acceptors (Lipinski definition) is 4. The van der Waals surface area contributed by atoms with Crippen molar-refractivity contribution in [2.75, 3.05) is 11.9 Å². The van der Waals surface area contributed by atoms with Gasteiger partial charge in [-0.05, 0) is 25.8 Å². The van der Waals surface area contributed by atoms with Crippen molar-refractivity contribution in [3.8, 4) is 0 Å².